The number of ketones is 1. The van der Waals surface area contributed by atoms with Gasteiger partial charge in [-0.2, -0.15) is 0 Å². The van der Waals surface area contributed by atoms with Crippen LogP contribution in [-0.2, 0) is 14.4 Å². The summed E-state index contributed by atoms with van der Waals surface area (Å²) in [4.78, 5) is 33.5. The van der Waals surface area contributed by atoms with Gasteiger partial charge >= 0.3 is 5.97 Å². The van der Waals surface area contributed by atoms with Crippen molar-refractivity contribution in [1.29, 1.82) is 0 Å². The summed E-state index contributed by atoms with van der Waals surface area (Å²) >= 11 is 0. The van der Waals surface area contributed by atoms with Crippen LogP contribution in [0.5, 0.6) is 0 Å². The fourth-order valence-corrected chi connectivity index (χ4v) is 1.62. The molecule has 1 atom stereocenters. The van der Waals surface area contributed by atoms with Gasteiger partial charge in [-0.25, -0.2) is 4.79 Å². The number of carboxylic acid groups (broad SMARTS) is 1. The average molecular weight is 258 g/mol. The molecule has 0 unspecified atom stereocenters. The van der Waals surface area contributed by atoms with Gasteiger partial charge in [0.25, 0.3) is 0 Å². The number of hydrogen-bond acceptors (Lipinski definition) is 4. The molecule has 0 bridgehead atoms. The zero-order valence-corrected chi connectivity index (χ0v) is 10.8. The van der Waals surface area contributed by atoms with Gasteiger partial charge in [0.2, 0.25) is 5.91 Å². The van der Waals surface area contributed by atoms with Gasteiger partial charge in [0, 0.05) is 12.8 Å². The number of aliphatic carboxylic acids is 1. The smallest absolute Gasteiger partial charge is 0.331 e. The van der Waals surface area contributed by atoms with Crippen LogP contribution in [0, 0.1) is 0 Å². The van der Waals surface area contributed by atoms with E-state index in [0.717, 1.165) is 19.3 Å². The van der Waals surface area contributed by atoms with E-state index in [2.05, 4.69) is 0 Å². The quantitative estimate of drug-likeness (QED) is 0.390. The van der Waals surface area contributed by atoms with E-state index in [-0.39, 0.29) is 19.3 Å². The Morgan fingerprint density at radius 3 is 2.17 bits per heavy atom. The lowest BCUT2D eigenvalue weighted by Crippen LogP contribution is -2.55. The van der Waals surface area contributed by atoms with Gasteiger partial charge in [-0.05, 0) is 12.8 Å². The summed E-state index contributed by atoms with van der Waals surface area (Å²) in [6, 6.07) is 0. The van der Waals surface area contributed by atoms with Gasteiger partial charge in [-0.3, -0.25) is 9.59 Å². The Bertz CT molecular complexity index is 317. The predicted octanol–water partition coefficient (Wildman–Crippen LogP) is 0.574. The van der Waals surface area contributed by atoms with Crippen molar-refractivity contribution in [3.63, 3.8) is 0 Å². The molecule has 0 aromatic heterocycles. The molecule has 6 heteroatoms. The van der Waals surface area contributed by atoms with E-state index < -0.39 is 23.2 Å². The monoisotopic (exact) mass is 258 g/mol. The van der Waals surface area contributed by atoms with E-state index >= 15 is 0 Å². The van der Waals surface area contributed by atoms with E-state index in [4.69, 9.17) is 16.6 Å². The third-order valence-electron chi connectivity index (χ3n) is 2.90. The minimum Gasteiger partial charge on any atom is -0.480 e. The lowest BCUT2D eigenvalue weighted by atomic mass is 9.87. The normalized spacial score (nSPS) is 13.9. The maximum atomic E-state index is 11.8. The zero-order chi connectivity index (χ0) is 14.2. The Balaban J connectivity index is 4.43. The molecule has 0 rings (SSSR count). The van der Waals surface area contributed by atoms with E-state index in [1.54, 1.807) is 0 Å². The second kappa shape index (κ2) is 7.81. The van der Waals surface area contributed by atoms with Crippen molar-refractivity contribution in [3.05, 3.63) is 0 Å². The Morgan fingerprint density at radius 2 is 1.72 bits per heavy atom. The number of hydrogen-bond donors (Lipinski definition) is 3. The predicted molar refractivity (Wildman–Crippen MR) is 66.7 cm³/mol. The van der Waals surface area contributed by atoms with Crippen LogP contribution in [0.4, 0.5) is 0 Å². The van der Waals surface area contributed by atoms with E-state index in [1.807, 2.05) is 6.92 Å². The Labute approximate surface area is 107 Å². The number of unbranched alkanes of at least 4 members (excludes halogenated alkanes) is 3. The first-order valence-corrected chi connectivity index (χ1v) is 6.18. The van der Waals surface area contributed by atoms with Crippen LogP contribution in [0.25, 0.3) is 0 Å². The van der Waals surface area contributed by atoms with Crippen LogP contribution in [0.1, 0.15) is 51.9 Å². The average Bonchev–Trinajstić information content (AvgIpc) is 2.30. The standard InChI is InChI=1S/C12H22N2O4/c1-2-3-4-5-6-9(15)12(14,11(17)18)8-7-10(13)16/h2-8,14H2,1H3,(H2,13,16)(H,17,18)/t12-/m0/s1. The fraction of sp³-hybridized carbons (Fsp3) is 0.750. The van der Waals surface area contributed by atoms with Crippen molar-refractivity contribution in [2.24, 2.45) is 11.5 Å². The molecule has 6 nitrogen and oxygen atoms in total. The summed E-state index contributed by atoms with van der Waals surface area (Å²) in [5, 5.41) is 9.02. The topological polar surface area (TPSA) is 123 Å². The fourth-order valence-electron chi connectivity index (χ4n) is 1.62. The number of primary amides is 1. The molecule has 0 saturated heterocycles. The maximum absolute atomic E-state index is 11.8. The van der Waals surface area contributed by atoms with Gasteiger partial charge in [0.15, 0.2) is 11.3 Å². The van der Waals surface area contributed by atoms with Crippen LogP contribution in [0.3, 0.4) is 0 Å². The molecular formula is C12H22N2O4. The molecule has 0 aliphatic heterocycles. The lowest BCUT2D eigenvalue weighted by Gasteiger charge is -2.22. The zero-order valence-electron chi connectivity index (χ0n) is 10.8. The second-order valence-corrected chi connectivity index (χ2v) is 4.48. The Hall–Kier alpha value is -1.43. The van der Waals surface area contributed by atoms with Crippen molar-refractivity contribution in [3.8, 4) is 0 Å². The van der Waals surface area contributed by atoms with Crippen LogP contribution in [0.15, 0.2) is 0 Å². The Kier molecular flexibility index (Phi) is 7.19. The van der Waals surface area contributed by atoms with Crippen LogP contribution in [0.2, 0.25) is 0 Å². The molecule has 0 radical (unpaired) electrons. The van der Waals surface area contributed by atoms with E-state index in [0.29, 0.717) is 6.42 Å². The number of amides is 1. The van der Waals surface area contributed by atoms with Crippen LogP contribution in [-0.4, -0.2) is 28.3 Å². The molecular weight excluding hydrogens is 236 g/mol. The minimum absolute atomic E-state index is 0.127. The first-order chi connectivity index (χ1) is 8.34. The van der Waals surface area contributed by atoms with Gasteiger partial charge in [-0.1, -0.05) is 26.2 Å². The van der Waals surface area contributed by atoms with Crippen molar-refractivity contribution in [1.82, 2.24) is 0 Å². The van der Waals surface area contributed by atoms with Crippen molar-refractivity contribution >= 4 is 17.7 Å². The summed E-state index contributed by atoms with van der Waals surface area (Å²) < 4.78 is 0. The second-order valence-electron chi connectivity index (χ2n) is 4.48. The SMILES string of the molecule is CCCCCCC(=O)[C@@](N)(CCC(N)=O)C(=O)O. The van der Waals surface area contributed by atoms with Gasteiger partial charge in [-0.15, -0.1) is 0 Å². The molecule has 0 heterocycles. The van der Waals surface area contributed by atoms with Crippen molar-refractivity contribution in [2.45, 2.75) is 57.4 Å². The molecule has 104 valence electrons. The van der Waals surface area contributed by atoms with Crippen LogP contribution >= 0.6 is 0 Å². The summed E-state index contributed by atoms with van der Waals surface area (Å²) in [7, 11) is 0. The molecule has 0 aromatic carbocycles. The number of Topliss-reactive ketones (excluding diaryl/α,β-unsaturated/α-hetero) is 1. The molecule has 0 aliphatic rings. The summed E-state index contributed by atoms with van der Waals surface area (Å²) in [6.45, 7) is 2.04. The van der Waals surface area contributed by atoms with E-state index in [9.17, 15) is 14.4 Å². The summed E-state index contributed by atoms with van der Waals surface area (Å²) in [6.07, 6.45) is 3.19. The molecule has 0 spiro atoms. The van der Waals surface area contributed by atoms with Gasteiger partial charge < -0.3 is 16.6 Å². The minimum atomic E-state index is -1.98. The molecule has 0 aromatic rings. The third-order valence-corrected chi connectivity index (χ3v) is 2.90. The Morgan fingerprint density at radius 1 is 1.11 bits per heavy atom. The lowest BCUT2D eigenvalue weighted by molar-refractivity contribution is -0.148. The van der Waals surface area contributed by atoms with Gasteiger partial charge in [0.05, 0.1) is 0 Å². The highest BCUT2D eigenvalue weighted by atomic mass is 16.4. The number of carboxylic acids is 1. The number of nitrogens with two attached hydrogens (primary N) is 2. The number of carbonyl (C=O) groups excluding carboxylic acids is 2. The maximum Gasteiger partial charge on any atom is 0.331 e. The number of carbonyl (C=O) groups is 3. The highest BCUT2D eigenvalue weighted by Crippen LogP contribution is 2.16. The number of rotatable bonds is 10. The highest BCUT2D eigenvalue weighted by molar-refractivity contribution is 6.07. The molecule has 5 N–H and O–H groups in total. The first kappa shape index (κ1) is 16.6. The largest absolute Gasteiger partial charge is 0.480 e. The summed E-state index contributed by atoms with van der Waals surface area (Å²) in [5.74, 6) is -2.60. The molecule has 1 amide bonds. The molecule has 18 heavy (non-hydrogen) atoms. The molecule has 0 fully saturated rings. The summed E-state index contributed by atoms with van der Waals surface area (Å²) in [5.41, 5.74) is 8.55. The molecule has 0 saturated carbocycles. The van der Waals surface area contributed by atoms with E-state index in [1.165, 1.54) is 0 Å². The molecule has 0 aliphatic carbocycles. The third kappa shape index (κ3) is 5.27. The highest BCUT2D eigenvalue weighted by Gasteiger charge is 2.41. The van der Waals surface area contributed by atoms with Crippen molar-refractivity contribution < 1.29 is 19.5 Å². The van der Waals surface area contributed by atoms with Crippen LogP contribution < -0.4 is 11.5 Å². The first-order valence-electron chi connectivity index (χ1n) is 6.18. The van der Waals surface area contributed by atoms with Gasteiger partial charge in [0.1, 0.15) is 0 Å². The van der Waals surface area contributed by atoms with Crippen molar-refractivity contribution in [2.75, 3.05) is 0 Å².